The zero-order chi connectivity index (χ0) is 17.1. The molecular formula is C20H28N4O. The Labute approximate surface area is 149 Å². The minimum absolute atomic E-state index is 0.576. The summed E-state index contributed by atoms with van der Waals surface area (Å²) in [5, 5.41) is 11.5. The standard InChI is InChI=1S/C20H28N4O/c1-14-21-20(25-24-14)15-11-12-18(22-16-7-3-2-4-8-16)19(13-15)23-17-9-5-6-10-17/h11-13,16-17,22-23H,2-10H2,1H3. The first-order valence-corrected chi connectivity index (χ1v) is 9.76. The lowest BCUT2D eigenvalue weighted by Gasteiger charge is -2.26. The average Bonchev–Trinajstić information content (AvgIpc) is 3.29. The van der Waals surface area contributed by atoms with Crippen LogP contribution >= 0.6 is 0 Å². The van der Waals surface area contributed by atoms with E-state index in [1.165, 1.54) is 69.2 Å². The molecule has 5 nitrogen and oxygen atoms in total. The monoisotopic (exact) mass is 340 g/mol. The van der Waals surface area contributed by atoms with Crippen LogP contribution in [0.15, 0.2) is 22.7 Å². The maximum Gasteiger partial charge on any atom is 0.257 e. The van der Waals surface area contributed by atoms with Crippen LogP contribution in [0.2, 0.25) is 0 Å². The van der Waals surface area contributed by atoms with Gasteiger partial charge in [-0.2, -0.15) is 4.98 Å². The molecule has 0 radical (unpaired) electrons. The topological polar surface area (TPSA) is 63.0 Å². The first-order chi connectivity index (χ1) is 12.3. The van der Waals surface area contributed by atoms with Gasteiger partial charge in [-0.15, -0.1) is 0 Å². The second kappa shape index (κ2) is 7.46. The minimum atomic E-state index is 0.576. The zero-order valence-corrected chi connectivity index (χ0v) is 15.1. The van der Waals surface area contributed by atoms with Gasteiger partial charge in [0.25, 0.3) is 5.89 Å². The Kier molecular flexibility index (Phi) is 4.90. The normalized spacial score (nSPS) is 19.2. The molecule has 25 heavy (non-hydrogen) atoms. The molecule has 4 rings (SSSR count). The summed E-state index contributed by atoms with van der Waals surface area (Å²) >= 11 is 0. The highest BCUT2D eigenvalue weighted by atomic mass is 16.5. The van der Waals surface area contributed by atoms with E-state index in [4.69, 9.17) is 4.52 Å². The van der Waals surface area contributed by atoms with E-state index in [0.29, 0.717) is 23.8 Å². The van der Waals surface area contributed by atoms with Crippen molar-refractivity contribution in [2.24, 2.45) is 0 Å². The Bertz CT molecular complexity index is 699. The predicted molar refractivity (Wildman–Crippen MR) is 101 cm³/mol. The molecule has 2 aliphatic rings. The van der Waals surface area contributed by atoms with Crippen LogP contribution in [-0.4, -0.2) is 22.2 Å². The van der Waals surface area contributed by atoms with Crippen LogP contribution in [-0.2, 0) is 0 Å². The summed E-state index contributed by atoms with van der Waals surface area (Å²) < 4.78 is 5.36. The highest BCUT2D eigenvalue weighted by molar-refractivity contribution is 5.75. The van der Waals surface area contributed by atoms with E-state index < -0.39 is 0 Å². The van der Waals surface area contributed by atoms with Gasteiger partial charge in [-0.05, 0) is 50.8 Å². The van der Waals surface area contributed by atoms with Crippen LogP contribution in [0.4, 0.5) is 11.4 Å². The number of anilines is 2. The molecule has 0 unspecified atom stereocenters. The lowest BCUT2D eigenvalue weighted by molar-refractivity contribution is 0.425. The summed E-state index contributed by atoms with van der Waals surface area (Å²) in [5.41, 5.74) is 3.36. The molecule has 2 aliphatic carbocycles. The number of hydrogen-bond acceptors (Lipinski definition) is 5. The van der Waals surface area contributed by atoms with Gasteiger partial charge in [-0.1, -0.05) is 37.3 Å². The molecule has 134 valence electrons. The Morgan fingerprint density at radius 1 is 0.880 bits per heavy atom. The number of aryl methyl sites for hydroxylation is 1. The SMILES string of the molecule is Cc1noc(-c2ccc(NC3CCCCC3)c(NC3CCCC3)c2)n1. The van der Waals surface area contributed by atoms with Crippen LogP contribution in [0.1, 0.15) is 63.6 Å². The molecule has 0 amide bonds. The quantitative estimate of drug-likeness (QED) is 0.788. The maximum atomic E-state index is 5.36. The number of hydrogen-bond donors (Lipinski definition) is 2. The minimum Gasteiger partial charge on any atom is -0.381 e. The van der Waals surface area contributed by atoms with Gasteiger partial charge in [0.2, 0.25) is 0 Å². The van der Waals surface area contributed by atoms with E-state index in [9.17, 15) is 0 Å². The van der Waals surface area contributed by atoms with E-state index in [1.807, 2.05) is 6.92 Å². The van der Waals surface area contributed by atoms with Crippen LogP contribution < -0.4 is 10.6 Å². The number of benzene rings is 1. The summed E-state index contributed by atoms with van der Waals surface area (Å²) in [4.78, 5) is 4.37. The summed E-state index contributed by atoms with van der Waals surface area (Å²) in [6, 6.07) is 7.58. The zero-order valence-electron chi connectivity index (χ0n) is 15.1. The summed E-state index contributed by atoms with van der Waals surface area (Å²) in [5.74, 6) is 1.26. The van der Waals surface area contributed by atoms with Crippen molar-refractivity contribution in [3.05, 3.63) is 24.0 Å². The van der Waals surface area contributed by atoms with Crippen LogP contribution in [0.25, 0.3) is 11.5 Å². The fourth-order valence-electron chi connectivity index (χ4n) is 4.09. The van der Waals surface area contributed by atoms with Crippen molar-refractivity contribution in [2.75, 3.05) is 10.6 Å². The maximum absolute atomic E-state index is 5.36. The Balaban J connectivity index is 1.59. The summed E-state index contributed by atoms with van der Waals surface area (Å²) in [6.45, 7) is 1.85. The first-order valence-electron chi connectivity index (χ1n) is 9.76. The van der Waals surface area contributed by atoms with E-state index >= 15 is 0 Å². The Hall–Kier alpha value is -2.04. The van der Waals surface area contributed by atoms with Gasteiger partial charge >= 0.3 is 0 Å². The van der Waals surface area contributed by atoms with Crippen molar-refractivity contribution in [1.82, 2.24) is 10.1 Å². The van der Waals surface area contributed by atoms with Gasteiger partial charge in [-0.3, -0.25) is 0 Å². The first kappa shape index (κ1) is 16.4. The third kappa shape index (κ3) is 3.97. The van der Waals surface area contributed by atoms with E-state index in [-0.39, 0.29) is 0 Å². The van der Waals surface area contributed by atoms with Crippen molar-refractivity contribution in [2.45, 2.75) is 76.8 Å². The number of aromatic nitrogens is 2. The fourth-order valence-corrected chi connectivity index (χ4v) is 4.09. The smallest absolute Gasteiger partial charge is 0.257 e. The average molecular weight is 340 g/mol. The second-order valence-corrected chi connectivity index (χ2v) is 7.51. The number of nitrogens with one attached hydrogen (secondary N) is 2. The molecule has 0 aliphatic heterocycles. The molecule has 5 heteroatoms. The van der Waals surface area contributed by atoms with Crippen LogP contribution in [0.3, 0.4) is 0 Å². The molecule has 0 saturated heterocycles. The summed E-state index contributed by atoms with van der Waals surface area (Å²) in [7, 11) is 0. The van der Waals surface area contributed by atoms with Crippen LogP contribution in [0.5, 0.6) is 0 Å². The molecule has 1 aromatic carbocycles. The van der Waals surface area contributed by atoms with Gasteiger partial charge in [0.05, 0.1) is 11.4 Å². The van der Waals surface area contributed by atoms with Gasteiger partial charge in [0.15, 0.2) is 5.82 Å². The largest absolute Gasteiger partial charge is 0.381 e. The molecule has 2 saturated carbocycles. The van der Waals surface area contributed by atoms with E-state index in [1.54, 1.807) is 0 Å². The van der Waals surface area contributed by atoms with Gasteiger partial charge in [0, 0.05) is 17.6 Å². The lowest BCUT2D eigenvalue weighted by atomic mass is 9.95. The van der Waals surface area contributed by atoms with Crippen molar-refractivity contribution < 1.29 is 4.52 Å². The number of rotatable bonds is 5. The predicted octanol–water partition coefficient (Wildman–Crippen LogP) is 5.14. The molecule has 0 spiro atoms. The van der Waals surface area contributed by atoms with Gasteiger partial charge < -0.3 is 15.2 Å². The molecule has 2 fully saturated rings. The Morgan fingerprint density at radius 2 is 1.52 bits per heavy atom. The third-order valence-electron chi connectivity index (χ3n) is 5.47. The van der Waals surface area contributed by atoms with Crippen molar-refractivity contribution in [3.63, 3.8) is 0 Å². The molecule has 2 aromatic rings. The third-order valence-corrected chi connectivity index (χ3v) is 5.47. The highest BCUT2D eigenvalue weighted by Crippen LogP contribution is 2.33. The molecule has 0 bridgehead atoms. The summed E-state index contributed by atoms with van der Waals surface area (Å²) in [6.07, 6.45) is 11.8. The van der Waals surface area contributed by atoms with Gasteiger partial charge in [0.1, 0.15) is 0 Å². The fraction of sp³-hybridized carbons (Fsp3) is 0.600. The molecule has 1 heterocycles. The molecule has 2 N–H and O–H groups in total. The molecule has 1 aromatic heterocycles. The van der Waals surface area contributed by atoms with Crippen LogP contribution in [0, 0.1) is 6.92 Å². The number of nitrogens with zero attached hydrogens (tertiary/aromatic N) is 2. The second-order valence-electron chi connectivity index (χ2n) is 7.51. The van der Waals surface area contributed by atoms with Crippen molar-refractivity contribution in [1.29, 1.82) is 0 Å². The van der Waals surface area contributed by atoms with Crippen molar-refractivity contribution >= 4 is 11.4 Å². The van der Waals surface area contributed by atoms with Gasteiger partial charge in [-0.25, -0.2) is 0 Å². The molecule has 0 atom stereocenters. The van der Waals surface area contributed by atoms with E-state index in [2.05, 4.69) is 39.0 Å². The molecular weight excluding hydrogens is 312 g/mol. The lowest BCUT2D eigenvalue weighted by Crippen LogP contribution is -2.24. The van der Waals surface area contributed by atoms with Crippen molar-refractivity contribution in [3.8, 4) is 11.5 Å². The Morgan fingerprint density at radius 3 is 2.16 bits per heavy atom. The highest BCUT2D eigenvalue weighted by Gasteiger charge is 2.19. The van der Waals surface area contributed by atoms with E-state index in [0.717, 1.165) is 5.56 Å².